The van der Waals surface area contributed by atoms with Gasteiger partial charge in [-0.3, -0.25) is 4.79 Å². The van der Waals surface area contributed by atoms with Crippen LogP contribution in [-0.4, -0.2) is 38.6 Å². The number of nitrogens with zero attached hydrogens (tertiary/aromatic N) is 4. The monoisotopic (exact) mass is 411 g/mol. The molecule has 0 radical (unpaired) electrons. The molecule has 0 aromatic carbocycles. The van der Waals surface area contributed by atoms with Crippen molar-refractivity contribution < 1.29 is 9.13 Å². The van der Waals surface area contributed by atoms with Gasteiger partial charge in [-0.2, -0.15) is 5.10 Å². The van der Waals surface area contributed by atoms with Crippen molar-refractivity contribution in [2.24, 2.45) is 5.92 Å². The molecule has 0 amide bonds. The van der Waals surface area contributed by atoms with Gasteiger partial charge in [-0.05, 0) is 30.9 Å². The van der Waals surface area contributed by atoms with Gasteiger partial charge in [-0.25, -0.2) is 14.1 Å². The summed E-state index contributed by atoms with van der Waals surface area (Å²) in [5, 5.41) is 7.76. The molecule has 0 atom stereocenters. The van der Waals surface area contributed by atoms with Crippen molar-refractivity contribution in [3.63, 3.8) is 0 Å². The number of pyridine rings is 2. The highest BCUT2D eigenvalue weighted by atomic mass is 19.1. The zero-order chi connectivity index (χ0) is 21.1. The van der Waals surface area contributed by atoms with Crippen molar-refractivity contribution in [1.29, 1.82) is 0 Å². The Labute approximate surface area is 174 Å². The molecule has 0 spiro atoms. The summed E-state index contributed by atoms with van der Waals surface area (Å²) in [5.41, 5.74) is 1.51. The Hall–Kier alpha value is -3.00. The Morgan fingerprint density at radius 2 is 2.07 bits per heavy atom. The first-order valence-electron chi connectivity index (χ1n) is 10.3. The van der Waals surface area contributed by atoms with Gasteiger partial charge in [-0.15, -0.1) is 0 Å². The summed E-state index contributed by atoms with van der Waals surface area (Å²) < 4.78 is 23.4. The van der Waals surface area contributed by atoms with E-state index >= 15 is 0 Å². The number of nitrogens with one attached hydrogen (secondary N) is 1. The average molecular weight is 411 g/mol. The van der Waals surface area contributed by atoms with Crippen LogP contribution in [0, 0.1) is 11.7 Å². The zero-order valence-electron chi connectivity index (χ0n) is 17.2. The molecule has 4 rings (SSSR count). The fraction of sp³-hybridized carbons (Fsp3) is 0.409. The predicted octanol–water partition coefficient (Wildman–Crippen LogP) is 3.48. The van der Waals surface area contributed by atoms with Crippen LogP contribution in [0.4, 0.5) is 10.2 Å². The second-order valence-electron chi connectivity index (χ2n) is 8.00. The van der Waals surface area contributed by atoms with Crippen LogP contribution in [0.15, 0.2) is 47.7 Å². The third kappa shape index (κ3) is 4.59. The minimum atomic E-state index is -0.380. The molecule has 1 saturated heterocycles. The summed E-state index contributed by atoms with van der Waals surface area (Å²) >= 11 is 0. The molecule has 1 aliphatic heterocycles. The van der Waals surface area contributed by atoms with Gasteiger partial charge in [0.05, 0.1) is 16.9 Å². The van der Waals surface area contributed by atoms with Crippen LogP contribution in [0.1, 0.15) is 26.7 Å². The molecule has 8 heteroatoms. The number of hydrogen-bond acceptors (Lipinski definition) is 5. The zero-order valence-corrected chi connectivity index (χ0v) is 17.2. The molecule has 30 heavy (non-hydrogen) atoms. The fourth-order valence-corrected chi connectivity index (χ4v) is 3.55. The van der Waals surface area contributed by atoms with Gasteiger partial charge < -0.3 is 14.6 Å². The van der Waals surface area contributed by atoms with E-state index in [0.29, 0.717) is 42.8 Å². The average Bonchev–Trinajstić information content (AvgIpc) is 3.20. The van der Waals surface area contributed by atoms with Crippen molar-refractivity contribution in [2.45, 2.75) is 39.3 Å². The Morgan fingerprint density at radius 1 is 1.27 bits per heavy atom. The Kier molecular flexibility index (Phi) is 5.94. The molecule has 4 heterocycles. The first-order chi connectivity index (χ1) is 14.5. The van der Waals surface area contributed by atoms with E-state index < -0.39 is 0 Å². The van der Waals surface area contributed by atoms with E-state index in [1.165, 1.54) is 18.3 Å². The largest absolute Gasteiger partial charge is 0.381 e. The maximum atomic E-state index is 14.8. The van der Waals surface area contributed by atoms with E-state index in [2.05, 4.69) is 29.2 Å². The van der Waals surface area contributed by atoms with Crippen LogP contribution in [-0.2, 0) is 11.3 Å². The molecule has 158 valence electrons. The lowest BCUT2D eigenvalue weighted by atomic mass is 10.1. The second-order valence-corrected chi connectivity index (χ2v) is 8.00. The van der Waals surface area contributed by atoms with Crippen LogP contribution >= 0.6 is 0 Å². The number of halogens is 1. The van der Waals surface area contributed by atoms with Gasteiger partial charge >= 0.3 is 0 Å². The van der Waals surface area contributed by atoms with Gasteiger partial charge in [0.1, 0.15) is 11.6 Å². The number of hydrogen-bond donors (Lipinski definition) is 1. The predicted molar refractivity (Wildman–Crippen MR) is 113 cm³/mol. The molecule has 1 fully saturated rings. The highest BCUT2D eigenvalue weighted by Gasteiger charge is 2.16. The van der Waals surface area contributed by atoms with Crippen LogP contribution in [0.3, 0.4) is 0 Å². The minimum Gasteiger partial charge on any atom is -0.381 e. The van der Waals surface area contributed by atoms with E-state index in [4.69, 9.17) is 4.74 Å². The standard InChI is InChI=1S/C22H26FN5O2/c1-15(2)13-27-14-17(3-4-22(27)29)28-8-5-20(26-28)18-12-24-21(11-19(18)23)25-16-6-9-30-10-7-16/h3-5,8,11-12,14-16H,6-7,9-10,13H2,1-2H3,(H,24,25). The van der Waals surface area contributed by atoms with Gasteiger partial charge in [0.15, 0.2) is 0 Å². The van der Waals surface area contributed by atoms with Gasteiger partial charge in [0.2, 0.25) is 0 Å². The Bertz CT molecular complexity index is 1070. The molecular formula is C22H26FN5O2. The number of anilines is 1. The maximum Gasteiger partial charge on any atom is 0.250 e. The van der Waals surface area contributed by atoms with Crippen molar-refractivity contribution in [3.8, 4) is 16.9 Å². The van der Waals surface area contributed by atoms with E-state index in [1.807, 2.05) is 0 Å². The summed E-state index contributed by atoms with van der Waals surface area (Å²) in [6, 6.07) is 6.64. The van der Waals surface area contributed by atoms with Crippen molar-refractivity contribution >= 4 is 5.82 Å². The fourth-order valence-electron chi connectivity index (χ4n) is 3.55. The lowest BCUT2D eigenvalue weighted by Gasteiger charge is -2.23. The van der Waals surface area contributed by atoms with E-state index in [1.54, 1.807) is 33.8 Å². The van der Waals surface area contributed by atoms with Crippen molar-refractivity contribution in [1.82, 2.24) is 19.3 Å². The highest BCUT2D eigenvalue weighted by Crippen LogP contribution is 2.24. The van der Waals surface area contributed by atoms with Crippen molar-refractivity contribution in [3.05, 3.63) is 59.0 Å². The third-order valence-corrected chi connectivity index (χ3v) is 5.09. The smallest absolute Gasteiger partial charge is 0.250 e. The van der Waals surface area contributed by atoms with Crippen LogP contribution in [0.25, 0.3) is 16.9 Å². The number of aromatic nitrogens is 4. The molecule has 1 N–H and O–H groups in total. The molecular weight excluding hydrogens is 385 g/mol. The van der Waals surface area contributed by atoms with E-state index in [-0.39, 0.29) is 17.4 Å². The van der Waals surface area contributed by atoms with Crippen LogP contribution < -0.4 is 10.9 Å². The Balaban J connectivity index is 1.54. The molecule has 0 aliphatic carbocycles. The normalized spacial score (nSPS) is 14.9. The molecule has 0 saturated carbocycles. The lowest BCUT2D eigenvalue weighted by molar-refractivity contribution is 0.0904. The van der Waals surface area contributed by atoms with Gasteiger partial charge in [0.25, 0.3) is 5.56 Å². The van der Waals surface area contributed by atoms with Crippen LogP contribution in [0.5, 0.6) is 0 Å². The summed E-state index contributed by atoms with van der Waals surface area (Å²) in [4.78, 5) is 16.4. The SMILES string of the molecule is CC(C)Cn1cc(-n2ccc(-c3cnc(NC4CCOCC4)cc3F)n2)ccc1=O. The first-order valence-corrected chi connectivity index (χ1v) is 10.3. The molecule has 3 aromatic heterocycles. The van der Waals surface area contributed by atoms with Gasteiger partial charge in [0, 0.05) is 56.5 Å². The third-order valence-electron chi connectivity index (χ3n) is 5.09. The van der Waals surface area contributed by atoms with Crippen molar-refractivity contribution in [2.75, 3.05) is 18.5 Å². The second kappa shape index (κ2) is 8.79. The number of rotatable bonds is 6. The quantitative estimate of drug-likeness (QED) is 0.672. The highest BCUT2D eigenvalue weighted by molar-refractivity contribution is 5.60. The van der Waals surface area contributed by atoms with E-state index in [9.17, 15) is 9.18 Å². The summed E-state index contributed by atoms with van der Waals surface area (Å²) in [6.07, 6.45) is 6.79. The topological polar surface area (TPSA) is 74.0 Å². The first kappa shape index (κ1) is 20.3. The summed E-state index contributed by atoms with van der Waals surface area (Å²) in [6.45, 7) is 6.16. The summed E-state index contributed by atoms with van der Waals surface area (Å²) in [7, 11) is 0. The van der Waals surface area contributed by atoms with Crippen LogP contribution in [0.2, 0.25) is 0 Å². The maximum absolute atomic E-state index is 14.8. The molecule has 3 aromatic rings. The lowest BCUT2D eigenvalue weighted by Crippen LogP contribution is -2.28. The summed E-state index contributed by atoms with van der Waals surface area (Å²) in [5.74, 6) is 0.484. The molecule has 0 bridgehead atoms. The molecule has 7 nitrogen and oxygen atoms in total. The van der Waals surface area contributed by atoms with Gasteiger partial charge in [-0.1, -0.05) is 13.8 Å². The molecule has 1 aliphatic rings. The minimum absolute atomic E-state index is 0.0531. The number of ether oxygens (including phenoxy) is 1. The Morgan fingerprint density at radius 3 is 2.80 bits per heavy atom. The molecule has 0 unspecified atom stereocenters. The van der Waals surface area contributed by atoms with E-state index in [0.717, 1.165) is 18.5 Å².